The lowest BCUT2D eigenvalue weighted by Crippen LogP contribution is -1.95. The summed E-state index contributed by atoms with van der Waals surface area (Å²) in [5, 5.41) is 3.11. The molecule has 0 aliphatic heterocycles. The van der Waals surface area contributed by atoms with Gasteiger partial charge < -0.3 is 9.88 Å². The first-order chi connectivity index (χ1) is 6.42. The molecule has 0 fully saturated rings. The van der Waals surface area contributed by atoms with Crippen molar-refractivity contribution in [1.82, 2.24) is 0 Å². The molecule has 0 radical (unpaired) electrons. The van der Waals surface area contributed by atoms with E-state index >= 15 is 0 Å². The van der Waals surface area contributed by atoms with Crippen LogP contribution in [0.2, 0.25) is 0 Å². The van der Waals surface area contributed by atoms with Crippen molar-refractivity contribution in [2.24, 2.45) is 0 Å². The molecule has 0 saturated carbocycles. The molecule has 1 rings (SSSR count). The van der Waals surface area contributed by atoms with Crippen LogP contribution < -0.4 is 5.32 Å². The van der Waals surface area contributed by atoms with Gasteiger partial charge >= 0.3 is 0 Å². The van der Waals surface area contributed by atoms with Crippen LogP contribution in [0.1, 0.15) is 5.56 Å². The van der Waals surface area contributed by atoms with Gasteiger partial charge in [0, 0.05) is 23.4 Å². The smallest absolute Gasteiger partial charge is 0.0861 e. The van der Waals surface area contributed by atoms with Gasteiger partial charge in [0.2, 0.25) is 0 Å². The molecule has 0 saturated heterocycles. The molecule has 78 valence electrons. The zero-order valence-electron chi connectivity index (χ0n) is 8.67. The Morgan fingerprint density at radius 1 is 1.43 bits per heavy atom. The number of anilines is 1. The van der Waals surface area contributed by atoms with E-state index in [2.05, 4.69) is 21.2 Å². The summed E-state index contributed by atoms with van der Waals surface area (Å²) in [7, 11) is -0.122. The maximum absolute atomic E-state index is 11.7. The van der Waals surface area contributed by atoms with Gasteiger partial charge in [-0.1, -0.05) is 22.0 Å². The lowest BCUT2D eigenvalue weighted by atomic mass is 10.2. The van der Waals surface area contributed by atoms with Gasteiger partial charge in [0.1, 0.15) is 0 Å². The molecule has 1 N–H and O–H groups in total. The van der Waals surface area contributed by atoms with Crippen molar-refractivity contribution in [3.05, 3.63) is 28.2 Å². The van der Waals surface area contributed by atoms with Crippen molar-refractivity contribution >= 4 is 28.8 Å². The van der Waals surface area contributed by atoms with Crippen LogP contribution in [-0.4, -0.2) is 20.4 Å². The van der Waals surface area contributed by atoms with Gasteiger partial charge in [0.25, 0.3) is 0 Å². The fraction of sp³-hybridized carbons (Fsp3) is 0.400. The topological polar surface area (TPSA) is 29.1 Å². The van der Waals surface area contributed by atoms with Crippen molar-refractivity contribution in [3.8, 4) is 0 Å². The molecule has 2 nitrogen and oxygen atoms in total. The van der Waals surface area contributed by atoms with Gasteiger partial charge in [-0.15, -0.1) is 0 Å². The van der Waals surface area contributed by atoms with E-state index in [4.69, 9.17) is 0 Å². The van der Waals surface area contributed by atoms with Crippen molar-refractivity contribution in [2.75, 3.05) is 25.7 Å². The average molecular weight is 276 g/mol. The monoisotopic (exact) mass is 275 g/mol. The van der Waals surface area contributed by atoms with E-state index in [1.165, 1.54) is 0 Å². The Bertz CT molecular complexity index is 372. The van der Waals surface area contributed by atoms with Crippen LogP contribution in [0.5, 0.6) is 0 Å². The molecule has 14 heavy (non-hydrogen) atoms. The van der Waals surface area contributed by atoms with Crippen molar-refractivity contribution in [1.29, 1.82) is 0 Å². The summed E-state index contributed by atoms with van der Waals surface area (Å²) in [6, 6.07) is 5.99. The lowest BCUT2D eigenvalue weighted by Gasteiger charge is -2.12. The zero-order valence-corrected chi connectivity index (χ0v) is 11.2. The quantitative estimate of drug-likeness (QED) is 0.854. The van der Waals surface area contributed by atoms with E-state index in [1.54, 1.807) is 0 Å². The van der Waals surface area contributed by atoms with Crippen LogP contribution in [0.3, 0.4) is 0 Å². The first kappa shape index (κ1) is 11.8. The highest BCUT2D eigenvalue weighted by Crippen LogP contribution is 2.42. The highest BCUT2D eigenvalue weighted by molar-refractivity contribution is 9.10. The molecule has 1 aromatic rings. The van der Waals surface area contributed by atoms with E-state index in [-0.39, 0.29) is 0 Å². The maximum atomic E-state index is 11.7. The molecule has 0 unspecified atom stereocenters. The molecule has 0 aromatic heterocycles. The Balaban J connectivity index is 3.03. The van der Waals surface area contributed by atoms with Crippen molar-refractivity contribution in [3.63, 3.8) is 0 Å². The second kappa shape index (κ2) is 4.50. The number of halogens is 1. The third-order valence-corrected chi connectivity index (χ3v) is 3.49. The predicted molar refractivity (Wildman–Crippen MR) is 66.8 cm³/mol. The number of benzene rings is 1. The molecule has 4 heteroatoms. The fourth-order valence-electron chi connectivity index (χ4n) is 1.33. The van der Waals surface area contributed by atoms with E-state index in [0.717, 1.165) is 15.7 Å². The van der Waals surface area contributed by atoms with Gasteiger partial charge in [-0.3, -0.25) is 0 Å². The minimum absolute atomic E-state index is 0.649. The summed E-state index contributed by atoms with van der Waals surface area (Å²) < 4.78 is 12.7. The van der Waals surface area contributed by atoms with Crippen LogP contribution in [0.15, 0.2) is 22.7 Å². The largest absolute Gasteiger partial charge is 0.388 e. The van der Waals surface area contributed by atoms with Crippen LogP contribution in [0.4, 0.5) is 5.69 Å². The first-order valence-corrected chi connectivity index (χ1v) is 8.00. The van der Waals surface area contributed by atoms with Gasteiger partial charge in [0.05, 0.1) is 7.14 Å². The summed E-state index contributed by atoms with van der Waals surface area (Å²) in [6.45, 7) is 3.63. The predicted octanol–water partition coefficient (Wildman–Crippen LogP) is 3.61. The van der Waals surface area contributed by atoms with Gasteiger partial charge in [-0.25, -0.2) is 0 Å². The third kappa shape index (κ3) is 3.47. The minimum Gasteiger partial charge on any atom is -0.388 e. The average Bonchev–Trinajstić information content (AvgIpc) is 2.06. The number of hydrogen-bond donors (Lipinski definition) is 1. The van der Waals surface area contributed by atoms with Crippen LogP contribution >= 0.6 is 23.1 Å². The second-order valence-corrected chi connectivity index (χ2v) is 8.16. The van der Waals surface area contributed by atoms with Crippen LogP contribution in [-0.2, 0) is 10.7 Å². The molecule has 0 amide bonds. The standard InChI is InChI=1S/C10H15BrNOP/c1-12-10-6-9(11)5-4-8(10)7-14(2,3)13/h4-6,12H,7H2,1-3H3. The summed E-state index contributed by atoms with van der Waals surface area (Å²) in [4.78, 5) is 0. The molecule has 0 atom stereocenters. The van der Waals surface area contributed by atoms with Crippen LogP contribution in [0, 0.1) is 0 Å². The summed E-state index contributed by atoms with van der Waals surface area (Å²) in [5.74, 6) is 0. The van der Waals surface area contributed by atoms with Crippen molar-refractivity contribution < 1.29 is 4.57 Å². The Hall–Kier alpha value is -0.270. The molecule has 0 aliphatic rings. The van der Waals surface area contributed by atoms with E-state index < -0.39 is 7.14 Å². The van der Waals surface area contributed by atoms with Gasteiger partial charge in [-0.05, 0) is 31.0 Å². The molecule has 0 bridgehead atoms. The normalized spacial score (nSPS) is 11.4. The summed E-state index contributed by atoms with van der Waals surface area (Å²) >= 11 is 3.41. The Morgan fingerprint density at radius 3 is 2.57 bits per heavy atom. The molecular weight excluding hydrogens is 261 g/mol. The van der Waals surface area contributed by atoms with Gasteiger partial charge in [0.15, 0.2) is 0 Å². The minimum atomic E-state index is -2.00. The SMILES string of the molecule is CNc1cc(Br)ccc1CP(C)(C)=O. The molecule has 0 aliphatic carbocycles. The first-order valence-electron chi connectivity index (χ1n) is 4.42. The third-order valence-electron chi connectivity index (χ3n) is 1.89. The Labute approximate surface area is 93.6 Å². The fourth-order valence-corrected chi connectivity index (χ4v) is 2.79. The van der Waals surface area contributed by atoms with Crippen molar-refractivity contribution in [2.45, 2.75) is 6.16 Å². The summed E-state index contributed by atoms with van der Waals surface area (Å²) in [5.41, 5.74) is 2.16. The second-order valence-electron chi connectivity index (χ2n) is 3.78. The highest BCUT2D eigenvalue weighted by Gasteiger charge is 2.11. The van der Waals surface area contributed by atoms with E-state index in [1.807, 2.05) is 38.6 Å². The Morgan fingerprint density at radius 2 is 2.07 bits per heavy atom. The van der Waals surface area contributed by atoms with E-state index in [9.17, 15) is 4.57 Å². The molecule has 0 spiro atoms. The Kier molecular flexibility index (Phi) is 3.79. The molecule has 0 heterocycles. The lowest BCUT2D eigenvalue weighted by molar-refractivity contribution is 0.582. The highest BCUT2D eigenvalue weighted by atomic mass is 79.9. The molecule has 1 aromatic carbocycles. The van der Waals surface area contributed by atoms with Gasteiger partial charge in [-0.2, -0.15) is 0 Å². The summed E-state index contributed by atoms with van der Waals surface area (Å²) in [6.07, 6.45) is 0.649. The number of nitrogens with one attached hydrogen (secondary N) is 1. The number of hydrogen-bond acceptors (Lipinski definition) is 2. The maximum Gasteiger partial charge on any atom is 0.0861 e. The molecular formula is C10H15BrNOP. The van der Waals surface area contributed by atoms with E-state index in [0.29, 0.717) is 6.16 Å². The zero-order chi connectivity index (χ0) is 10.8. The van der Waals surface area contributed by atoms with Crippen LogP contribution in [0.25, 0.3) is 0 Å². The number of rotatable bonds is 3.